The van der Waals surface area contributed by atoms with Crippen LogP contribution < -0.4 is 16.4 Å². The van der Waals surface area contributed by atoms with Crippen molar-refractivity contribution in [3.05, 3.63) is 11.9 Å². The third-order valence-electron chi connectivity index (χ3n) is 2.84. The molecule has 1 heterocycles. The first kappa shape index (κ1) is 14.5. The first-order valence-corrected chi connectivity index (χ1v) is 6.91. The molecule has 110 valence electrons. The lowest BCUT2D eigenvalue weighted by Crippen LogP contribution is -2.21. The first-order valence-electron chi connectivity index (χ1n) is 6.91. The van der Waals surface area contributed by atoms with E-state index in [9.17, 15) is 4.79 Å². The molecule has 0 aromatic carbocycles. The number of nitrogens with two attached hydrogens (primary N) is 1. The van der Waals surface area contributed by atoms with Gasteiger partial charge in [-0.2, -0.15) is 0 Å². The lowest BCUT2D eigenvalue weighted by Gasteiger charge is -2.10. The van der Waals surface area contributed by atoms with Crippen molar-refractivity contribution in [3.63, 3.8) is 0 Å². The van der Waals surface area contributed by atoms with Gasteiger partial charge in [0, 0.05) is 25.1 Å². The predicted octanol–water partition coefficient (Wildman–Crippen LogP) is 0.700. The Morgan fingerprint density at radius 2 is 2.10 bits per heavy atom. The second-order valence-electron chi connectivity index (χ2n) is 4.75. The number of hydrogen-bond acceptors (Lipinski definition) is 6. The van der Waals surface area contributed by atoms with E-state index in [4.69, 9.17) is 10.5 Å². The van der Waals surface area contributed by atoms with E-state index in [2.05, 4.69) is 20.6 Å². The Morgan fingerprint density at radius 1 is 1.40 bits per heavy atom. The van der Waals surface area contributed by atoms with Crippen LogP contribution in [0.1, 0.15) is 31.5 Å². The maximum absolute atomic E-state index is 10.5. The van der Waals surface area contributed by atoms with E-state index in [1.165, 1.54) is 0 Å². The van der Waals surface area contributed by atoms with Crippen molar-refractivity contribution >= 4 is 17.5 Å². The molecule has 0 bridgehead atoms. The smallest absolute Gasteiger partial charge is 0.243 e. The highest BCUT2D eigenvalue weighted by atomic mass is 16.5. The molecule has 0 spiro atoms. The molecule has 7 nitrogen and oxygen atoms in total. The number of carbonyl (C=O) groups is 1. The van der Waals surface area contributed by atoms with Gasteiger partial charge in [0.2, 0.25) is 5.91 Å². The van der Waals surface area contributed by atoms with Crippen molar-refractivity contribution < 1.29 is 9.53 Å². The van der Waals surface area contributed by atoms with Crippen molar-refractivity contribution in [1.82, 2.24) is 9.97 Å². The molecule has 1 aromatic rings. The molecular formula is C13H21N5O2. The molecule has 0 aliphatic heterocycles. The zero-order valence-electron chi connectivity index (χ0n) is 11.7. The normalized spacial score (nSPS) is 14.1. The predicted molar refractivity (Wildman–Crippen MR) is 76.7 cm³/mol. The van der Waals surface area contributed by atoms with E-state index >= 15 is 0 Å². The summed E-state index contributed by atoms with van der Waals surface area (Å²) >= 11 is 0. The second kappa shape index (κ2) is 7.04. The van der Waals surface area contributed by atoms with E-state index in [0.717, 1.165) is 36.8 Å². The van der Waals surface area contributed by atoms with Crippen LogP contribution >= 0.6 is 0 Å². The van der Waals surface area contributed by atoms with Crippen LogP contribution in [-0.4, -0.2) is 42.2 Å². The molecule has 20 heavy (non-hydrogen) atoms. The number of rotatable bonds is 9. The summed E-state index contributed by atoms with van der Waals surface area (Å²) in [6, 6.07) is 1.88. The zero-order chi connectivity index (χ0) is 14.4. The molecule has 1 aliphatic rings. The van der Waals surface area contributed by atoms with Gasteiger partial charge in [-0.15, -0.1) is 0 Å². The van der Waals surface area contributed by atoms with Crippen LogP contribution in [0.2, 0.25) is 0 Å². The monoisotopic (exact) mass is 279 g/mol. The van der Waals surface area contributed by atoms with Gasteiger partial charge in [-0.1, -0.05) is 0 Å². The highest BCUT2D eigenvalue weighted by Crippen LogP contribution is 2.38. The van der Waals surface area contributed by atoms with E-state index < -0.39 is 5.91 Å². The van der Waals surface area contributed by atoms with Gasteiger partial charge in [0.25, 0.3) is 0 Å². The SMILES string of the molecule is CCNc1cc(NCCOCC(N)=O)nc(C2CC2)n1. The van der Waals surface area contributed by atoms with Gasteiger partial charge in [0.05, 0.1) is 6.61 Å². The van der Waals surface area contributed by atoms with Gasteiger partial charge in [-0.25, -0.2) is 9.97 Å². The average Bonchev–Trinajstić information content (AvgIpc) is 3.22. The van der Waals surface area contributed by atoms with Crippen LogP contribution in [0.15, 0.2) is 6.07 Å². The van der Waals surface area contributed by atoms with Crippen LogP contribution in [0.5, 0.6) is 0 Å². The van der Waals surface area contributed by atoms with Crippen molar-refractivity contribution in [2.24, 2.45) is 5.73 Å². The third-order valence-corrected chi connectivity index (χ3v) is 2.84. The molecule has 1 amide bonds. The van der Waals surface area contributed by atoms with E-state index in [0.29, 0.717) is 19.1 Å². The maximum Gasteiger partial charge on any atom is 0.243 e. The fraction of sp³-hybridized carbons (Fsp3) is 0.615. The Hall–Kier alpha value is -1.89. The standard InChI is InChI=1S/C13H21N5O2/c1-2-15-11-7-12(16-5-6-20-8-10(14)19)18-13(17-11)9-3-4-9/h7,9H,2-6,8H2,1H3,(H2,14,19)(H2,15,16,17,18). The largest absolute Gasteiger partial charge is 0.370 e. The van der Waals surface area contributed by atoms with E-state index in [-0.39, 0.29) is 6.61 Å². The molecule has 1 fully saturated rings. The molecule has 1 aliphatic carbocycles. The summed E-state index contributed by atoms with van der Waals surface area (Å²) in [6.45, 7) is 3.77. The fourth-order valence-electron chi connectivity index (χ4n) is 1.78. The molecule has 1 aromatic heterocycles. The minimum Gasteiger partial charge on any atom is -0.370 e. The molecular weight excluding hydrogens is 258 g/mol. The van der Waals surface area contributed by atoms with Gasteiger partial charge in [0.15, 0.2) is 0 Å². The Bertz CT molecular complexity index is 462. The number of ether oxygens (including phenoxy) is 1. The Kier molecular flexibility index (Phi) is 5.11. The number of amides is 1. The number of hydrogen-bond donors (Lipinski definition) is 3. The summed E-state index contributed by atoms with van der Waals surface area (Å²) in [4.78, 5) is 19.5. The fourth-order valence-corrected chi connectivity index (χ4v) is 1.78. The van der Waals surface area contributed by atoms with Crippen molar-refractivity contribution in [2.75, 3.05) is 36.9 Å². The minimum atomic E-state index is -0.461. The van der Waals surface area contributed by atoms with Gasteiger partial charge in [0.1, 0.15) is 24.1 Å². The van der Waals surface area contributed by atoms with Crippen LogP contribution in [-0.2, 0) is 9.53 Å². The average molecular weight is 279 g/mol. The molecule has 0 atom stereocenters. The topological polar surface area (TPSA) is 102 Å². The number of carbonyl (C=O) groups excluding carboxylic acids is 1. The summed E-state index contributed by atoms with van der Waals surface area (Å²) in [5.41, 5.74) is 4.99. The Balaban J connectivity index is 1.87. The van der Waals surface area contributed by atoms with Crippen LogP contribution in [0, 0.1) is 0 Å². The maximum atomic E-state index is 10.5. The van der Waals surface area contributed by atoms with Gasteiger partial charge in [-0.05, 0) is 19.8 Å². The lowest BCUT2D eigenvalue weighted by molar-refractivity contribution is -0.122. The van der Waals surface area contributed by atoms with Crippen LogP contribution in [0.4, 0.5) is 11.6 Å². The summed E-state index contributed by atoms with van der Waals surface area (Å²) in [5.74, 6) is 2.55. The van der Waals surface area contributed by atoms with Crippen molar-refractivity contribution in [3.8, 4) is 0 Å². The highest BCUT2D eigenvalue weighted by Gasteiger charge is 2.27. The van der Waals surface area contributed by atoms with Gasteiger partial charge in [-0.3, -0.25) is 4.79 Å². The van der Waals surface area contributed by atoms with Gasteiger partial charge >= 0.3 is 0 Å². The summed E-state index contributed by atoms with van der Waals surface area (Å²) in [5, 5.41) is 6.38. The Labute approximate surface area is 118 Å². The van der Waals surface area contributed by atoms with Gasteiger partial charge < -0.3 is 21.1 Å². The molecule has 1 saturated carbocycles. The molecule has 4 N–H and O–H groups in total. The second-order valence-corrected chi connectivity index (χ2v) is 4.75. The molecule has 7 heteroatoms. The number of nitrogens with one attached hydrogen (secondary N) is 2. The zero-order valence-corrected chi connectivity index (χ0v) is 11.7. The number of anilines is 2. The summed E-state index contributed by atoms with van der Waals surface area (Å²) in [6.07, 6.45) is 2.33. The third kappa shape index (κ3) is 4.65. The molecule has 0 radical (unpaired) electrons. The Morgan fingerprint density at radius 3 is 2.70 bits per heavy atom. The number of nitrogens with zero attached hydrogens (tertiary/aromatic N) is 2. The van der Waals surface area contributed by atoms with E-state index in [1.54, 1.807) is 0 Å². The molecule has 0 unspecified atom stereocenters. The number of primary amides is 1. The number of aromatic nitrogens is 2. The highest BCUT2D eigenvalue weighted by molar-refractivity contribution is 5.74. The quantitative estimate of drug-likeness (QED) is 0.575. The lowest BCUT2D eigenvalue weighted by atomic mass is 10.3. The first-order chi connectivity index (χ1) is 9.69. The summed E-state index contributed by atoms with van der Waals surface area (Å²) < 4.78 is 5.09. The van der Waals surface area contributed by atoms with Crippen LogP contribution in [0.25, 0.3) is 0 Å². The molecule has 2 rings (SSSR count). The molecule has 0 saturated heterocycles. The van der Waals surface area contributed by atoms with E-state index in [1.807, 2.05) is 13.0 Å². The van der Waals surface area contributed by atoms with Crippen molar-refractivity contribution in [2.45, 2.75) is 25.7 Å². The summed E-state index contributed by atoms with van der Waals surface area (Å²) in [7, 11) is 0. The minimum absolute atomic E-state index is 0.0541. The van der Waals surface area contributed by atoms with Crippen molar-refractivity contribution in [1.29, 1.82) is 0 Å². The van der Waals surface area contributed by atoms with Crippen LogP contribution in [0.3, 0.4) is 0 Å².